The van der Waals surface area contributed by atoms with Crippen molar-refractivity contribution in [2.24, 2.45) is 0 Å². The number of nitrogens with one attached hydrogen (secondary N) is 1. The van der Waals surface area contributed by atoms with Crippen molar-refractivity contribution >= 4 is 17.5 Å². The van der Waals surface area contributed by atoms with Gasteiger partial charge >= 0.3 is 0 Å². The summed E-state index contributed by atoms with van der Waals surface area (Å²) >= 11 is 5.55. The zero-order valence-electron chi connectivity index (χ0n) is 11.6. The molecular weight excluding hydrogens is 278 g/mol. The number of nitrogens with zero attached hydrogens (tertiary/aromatic N) is 2. The summed E-state index contributed by atoms with van der Waals surface area (Å²) in [4.78, 5) is 13.9. The molecule has 1 aliphatic rings. The quantitative estimate of drug-likeness (QED) is 0.322. The van der Waals surface area contributed by atoms with Crippen molar-refractivity contribution in [2.45, 2.75) is 38.1 Å². The predicted molar refractivity (Wildman–Crippen MR) is 78.1 cm³/mol. The number of aliphatic hydroxyl groups is 1. The highest BCUT2D eigenvalue weighted by Crippen LogP contribution is 2.20. The van der Waals surface area contributed by atoms with Crippen molar-refractivity contribution in [1.82, 2.24) is 10.2 Å². The van der Waals surface area contributed by atoms with Gasteiger partial charge in [0.2, 0.25) is 0 Å². The average Bonchev–Trinajstić information content (AvgIpc) is 2.46. The second kappa shape index (κ2) is 9.62. The minimum absolute atomic E-state index is 0.115. The minimum atomic E-state index is -0.356. The third-order valence-corrected chi connectivity index (χ3v) is 3.66. The molecule has 1 heterocycles. The summed E-state index contributed by atoms with van der Waals surface area (Å²) in [6, 6.07) is 2.17. The number of hydrogen-bond acceptors (Lipinski definition) is 4. The number of carbonyl (C=O) groups excluding carboxylic acids is 1. The number of nitriles is 1. The average molecular weight is 300 g/mol. The summed E-state index contributed by atoms with van der Waals surface area (Å²) < 4.78 is 0. The molecule has 0 aromatic carbocycles. The highest BCUT2D eigenvalue weighted by Gasteiger charge is 2.21. The van der Waals surface area contributed by atoms with Crippen LogP contribution >= 0.6 is 11.6 Å². The van der Waals surface area contributed by atoms with Crippen LogP contribution in [0.25, 0.3) is 0 Å². The zero-order valence-corrected chi connectivity index (χ0v) is 12.4. The maximum absolute atomic E-state index is 11.9. The van der Waals surface area contributed by atoms with Crippen LogP contribution in [0.5, 0.6) is 0 Å². The van der Waals surface area contributed by atoms with Gasteiger partial charge in [-0.3, -0.25) is 4.79 Å². The van der Waals surface area contributed by atoms with Gasteiger partial charge in [-0.05, 0) is 32.1 Å². The second-order valence-corrected chi connectivity index (χ2v) is 5.23. The number of likely N-dealkylation sites (tertiary alicyclic amines) is 1. The molecule has 0 saturated carbocycles. The number of aliphatic hydroxyl groups excluding tert-OH is 1. The summed E-state index contributed by atoms with van der Waals surface area (Å²) in [6.45, 7) is 1.42. The lowest BCUT2D eigenvalue weighted by molar-refractivity contribution is -0.117. The molecule has 1 unspecified atom stereocenters. The van der Waals surface area contributed by atoms with Gasteiger partial charge in [-0.15, -0.1) is 11.6 Å². The molecule has 1 saturated heterocycles. The van der Waals surface area contributed by atoms with E-state index in [0.717, 1.165) is 25.8 Å². The van der Waals surface area contributed by atoms with E-state index in [2.05, 4.69) is 5.32 Å². The first-order valence-corrected chi connectivity index (χ1v) is 7.59. The summed E-state index contributed by atoms with van der Waals surface area (Å²) in [5.74, 6) is 0.127. The molecule has 112 valence electrons. The number of alkyl halides is 1. The van der Waals surface area contributed by atoms with Crippen molar-refractivity contribution in [3.8, 4) is 6.07 Å². The number of halogens is 1. The molecule has 1 atom stereocenters. The molecular formula is C14H22ClN3O2. The lowest BCUT2D eigenvalue weighted by atomic mass is 10.00. The van der Waals surface area contributed by atoms with Gasteiger partial charge in [0.1, 0.15) is 11.6 Å². The Hall–Kier alpha value is -1.25. The van der Waals surface area contributed by atoms with Crippen molar-refractivity contribution in [3.05, 3.63) is 11.8 Å². The van der Waals surface area contributed by atoms with Crippen molar-refractivity contribution in [1.29, 1.82) is 5.26 Å². The normalized spacial score (nSPS) is 19.6. The molecule has 0 aromatic rings. The van der Waals surface area contributed by atoms with E-state index in [9.17, 15) is 4.79 Å². The Morgan fingerprint density at radius 1 is 1.55 bits per heavy atom. The van der Waals surface area contributed by atoms with Gasteiger partial charge in [0, 0.05) is 37.8 Å². The van der Waals surface area contributed by atoms with Crippen LogP contribution in [0.3, 0.4) is 0 Å². The molecule has 1 fully saturated rings. The van der Waals surface area contributed by atoms with Gasteiger partial charge in [0.15, 0.2) is 0 Å². The van der Waals surface area contributed by atoms with E-state index in [0.29, 0.717) is 25.3 Å². The van der Waals surface area contributed by atoms with Crippen LogP contribution in [0.15, 0.2) is 11.8 Å². The molecule has 1 rings (SSSR count). The van der Waals surface area contributed by atoms with E-state index in [1.54, 1.807) is 6.20 Å². The smallest absolute Gasteiger partial charge is 0.263 e. The van der Waals surface area contributed by atoms with Gasteiger partial charge in [-0.25, -0.2) is 0 Å². The summed E-state index contributed by atoms with van der Waals surface area (Å²) in [6.07, 6.45) is 6.15. The van der Waals surface area contributed by atoms with Crippen molar-refractivity contribution in [3.63, 3.8) is 0 Å². The molecule has 1 aliphatic heterocycles. The van der Waals surface area contributed by atoms with Crippen LogP contribution in [0.2, 0.25) is 0 Å². The third kappa shape index (κ3) is 5.40. The Bertz CT molecular complexity index is 377. The van der Waals surface area contributed by atoms with Crippen molar-refractivity contribution < 1.29 is 9.90 Å². The van der Waals surface area contributed by atoms with Crippen LogP contribution in [-0.2, 0) is 4.79 Å². The first-order valence-electron chi connectivity index (χ1n) is 7.05. The fourth-order valence-electron chi connectivity index (χ4n) is 2.32. The molecule has 0 radical (unpaired) electrons. The lowest BCUT2D eigenvalue weighted by Crippen LogP contribution is -2.37. The van der Waals surface area contributed by atoms with Gasteiger partial charge in [0.05, 0.1) is 0 Å². The van der Waals surface area contributed by atoms with Crippen LogP contribution in [0, 0.1) is 11.3 Å². The van der Waals surface area contributed by atoms with E-state index in [4.69, 9.17) is 22.0 Å². The number of carbonyl (C=O) groups is 1. The first-order chi connectivity index (χ1) is 9.72. The molecule has 20 heavy (non-hydrogen) atoms. The number of piperidine rings is 1. The van der Waals surface area contributed by atoms with Crippen LogP contribution in [0.4, 0.5) is 0 Å². The van der Waals surface area contributed by atoms with Gasteiger partial charge in [0.25, 0.3) is 5.91 Å². The number of hydrogen-bond donors (Lipinski definition) is 2. The maximum Gasteiger partial charge on any atom is 0.263 e. The van der Waals surface area contributed by atoms with Gasteiger partial charge in [-0.2, -0.15) is 5.26 Å². The molecule has 1 amide bonds. The SMILES string of the molecule is N#C/C(=C/N1CCCCC1CCO)C(=O)NCCCCl. The predicted octanol–water partition coefficient (Wildman–Crippen LogP) is 1.38. The molecule has 0 bridgehead atoms. The molecule has 2 N–H and O–H groups in total. The highest BCUT2D eigenvalue weighted by molar-refractivity contribution is 6.17. The van der Waals surface area contributed by atoms with E-state index < -0.39 is 0 Å². The molecule has 6 heteroatoms. The Morgan fingerprint density at radius 3 is 3.00 bits per heavy atom. The molecule has 0 aromatic heterocycles. The lowest BCUT2D eigenvalue weighted by Gasteiger charge is -2.34. The Kier molecular flexibility index (Phi) is 8.08. The Labute approximate surface area is 125 Å². The molecule has 5 nitrogen and oxygen atoms in total. The topological polar surface area (TPSA) is 76.4 Å². The summed E-state index contributed by atoms with van der Waals surface area (Å²) in [5, 5.41) is 20.9. The van der Waals surface area contributed by atoms with E-state index >= 15 is 0 Å². The van der Waals surface area contributed by atoms with Gasteiger partial charge in [-0.1, -0.05) is 0 Å². The summed E-state index contributed by atoms with van der Waals surface area (Å²) in [7, 11) is 0. The molecule has 0 aliphatic carbocycles. The fraction of sp³-hybridized carbons (Fsp3) is 0.714. The standard InChI is InChI=1S/C14H22ClN3O2/c15-6-3-7-17-14(20)12(10-16)11-18-8-2-1-4-13(18)5-9-19/h11,13,19H,1-9H2,(H,17,20)/b12-11-. The monoisotopic (exact) mass is 299 g/mol. The van der Waals surface area contributed by atoms with E-state index in [1.165, 1.54) is 0 Å². The fourth-order valence-corrected chi connectivity index (χ4v) is 2.45. The van der Waals surface area contributed by atoms with Gasteiger partial charge < -0.3 is 15.3 Å². The Balaban J connectivity index is 2.65. The third-order valence-electron chi connectivity index (χ3n) is 3.39. The second-order valence-electron chi connectivity index (χ2n) is 4.85. The molecule has 0 spiro atoms. The van der Waals surface area contributed by atoms with Crippen molar-refractivity contribution in [2.75, 3.05) is 25.6 Å². The van der Waals surface area contributed by atoms with E-state index in [-0.39, 0.29) is 24.1 Å². The van der Waals surface area contributed by atoms with Crippen LogP contribution < -0.4 is 5.32 Å². The van der Waals surface area contributed by atoms with Crippen LogP contribution in [0.1, 0.15) is 32.1 Å². The largest absolute Gasteiger partial charge is 0.396 e. The highest BCUT2D eigenvalue weighted by atomic mass is 35.5. The minimum Gasteiger partial charge on any atom is -0.396 e. The zero-order chi connectivity index (χ0) is 14.8. The summed E-state index contributed by atoms with van der Waals surface area (Å²) in [5.41, 5.74) is 0.115. The number of amides is 1. The number of rotatable bonds is 7. The first kappa shape index (κ1) is 16.8. The van der Waals surface area contributed by atoms with Crippen LogP contribution in [-0.4, -0.2) is 47.5 Å². The Morgan fingerprint density at radius 2 is 2.35 bits per heavy atom. The van der Waals surface area contributed by atoms with E-state index in [1.807, 2.05) is 11.0 Å². The maximum atomic E-state index is 11.9.